The summed E-state index contributed by atoms with van der Waals surface area (Å²) in [7, 11) is 0. The van der Waals surface area contributed by atoms with Gasteiger partial charge in [0.2, 0.25) is 0 Å². The summed E-state index contributed by atoms with van der Waals surface area (Å²) in [5, 5.41) is 12.7. The first-order valence-corrected chi connectivity index (χ1v) is 5.07. The van der Waals surface area contributed by atoms with E-state index in [1.165, 1.54) is 6.07 Å². The molecule has 4 nitrogen and oxygen atoms in total. The number of amides is 1. The molecule has 2 N–H and O–H groups in total. The van der Waals surface area contributed by atoms with Crippen LogP contribution in [-0.2, 0) is 0 Å². The Hall–Kier alpha value is -1.55. The van der Waals surface area contributed by atoms with E-state index in [0.29, 0.717) is 18.7 Å². The summed E-state index contributed by atoms with van der Waals surface area (Å²) in [4.78, 5) is 13.7. The molecule has 1 fully saturated rings. The summed E-state index contributed by atoms with van der Waals surface area (Å²) in [6.45, 7) is 3.04. The molecule has 0 radical (unpaired) electrons. The van der Waals surface area contributed by atoms with Crippen LogP contribution in [0.4, 0.5) is 0 Å². The van der Waals surface area contributed by atoms with Gasteiger partial charge in [0.1, 0.15) is 5.75 Å². The molecule has 0 atom stereocenters. The summed E-state index contributed by atoms with van der Waals surface area (Å²) < 4.78 is 0. The summed E-state index contributed by atoms with van der Waals surface area (Å²) in [5.74, 6) is -0.0318. The average Bonchev–Trinajstić information content (AvgIpc) is 2.30. The summed E-state index contributed by atoms with van der Waals surface area (Å²) in [5.41, 5.74) is 0.388. The minimum atomic E-state index is -0.0883. The van der Waals surface area contributed by atoms with Crippen molar-refractivity contribution in [2.24, 2.45) is 0 Å². The molecular formula is C11H14N2O2. The highest BCUT2D eigenvalue weighted by molar-refractivity contribution is 5.96. The van der Waals surface area contributed by atoms with Gasteiger partial charge in [-0.1, -0.05) is 12.1 Å². The van der Waals surface area contributed by atoms with Crippen LogP contribution in [-0.4, -0.2) is 42.1 Å². The number of para-hydroxylation sites is 1. The average molecular weight is 206 g/mol. The highest BCUT2D eigenvalue weighted by Crippen LogP contribution is 2.17. The van der Waals surface area contributed by atoms with Crippen molar-refractivity contribution < 1.29 is 9.90 Å². The lowest BCUT2D eigenvalue weighted by Crippen LogP contribution is -2.46. The molecule has 1 aromatic carbocycles. The van der Waals surface area contributed by atoms with Gasteiger partial charge in [-0.05, 0) is 12.1 Å². The first-order chi connectivity index (χ1) is 7.29. The first kappa shape index (κ1) is 9.98. The highest BCUT2D eigenvalue weighted by atomic mass is 16.3. The summed E-state index contributed by atoms with van der Waals surface area (Å²) >= 11 is 0. The number of nitrogens with zero attached hydrogens (tertiary/aromatic N) is 1. The predicted molar refractivity (Wildman–Crippen MR) is 56.9 cm³/mol. The largest absolute Gasteiger partial charge is 0.507 e. The fourth-order valence-corrected chi connectivity index (χ4v) is 1.69. The Kier molecular flexibility index (Phi) is 2.87. The van der Waals surface area contributed by atoms with E-state index in [1.54, 1.807) is 23.1 Å². The minimum Gasteiger partial charge on any atom is -0.507 e. The van der Waals surface area contributed by atoms with Gasteiger partial charge in [0.05, 0.1) is 5.56 Å². The van der Waals surface area contributed by atoms with Crippen molar-refractivity contribution in [2.45, 2.75) is 0 Å². The van der Waals surface area contributed by atoms with Crippen LogP contribution in [0.15, 0.2) is 24.3 Å². The van der Waals surface area contributed by atoms with E-state index in [4.69, 9.17) is 0 Å². The van der Waals surface area contributed by atoms with E-state index in [0.717, 1.165) is 13.1 Å². The van der Waals surface area contributed by atoms with Crippen LogP contribution in [0.2, 0.25) is 0 Å². The SMILES string of the molecule is O=C(c1ccccc1O)N1CCNCC1. The van der Waals surface area contributed by atoms with Gasteiger partial charge < -0.3 is 15.3 Å². The normalized spacial score (nSPS) is 16.4. The minimum absolute atomic E-state index is 0.0565. The van der Waals surface area contributed by atoms with Gasteiger partial charge in [-0.15, -0.1) is 0 Å². The number of phenolic OH excluding ortho intramolecular Hbond substituents is 1. The molecule has 1 saturated heterocycles. The predicted octanol–water partition coefficient (Wildman–Crippen LogP) is 0.438. The second-order valence-corrected chi connectivity index (χ2v) is 3.56. The molecule has 1 aliphatic heterocycles. The zero-order chi connectivity index (χ0) is 10.7. The third kappa shape index (κ3) is 2.10. The lowest BCUT2D eigenvalue weighted by Gasteiger charge is -2.27. The summed E-state index contributed by atoms with van der Waals surface area (Å²) in [6, 6.07) is 6.66. The van der Waals surface area contributed by atoms with Crippen molar-refractivity contribution in [3.63, 3.8) is 0 Å². The second-order valence-electron chi connectivity index (χ2n) is 3.56. The Morgan fingerprint density at radius 3 is 2.60 bits per heavy atom. The number of carbonyl (C=O) groups excluding carboxylic acids is 1. The number of rotatable bonds is 1. The standard InChI is InChI=1S/C11H14N2O2/c14-10-4-2-1-3-9(10)11(15)13-7-5-12-6-8-13/h1-4,12,14H,5-8H2. The Balaban J connectivity index is 2.16. The van der Waals surface area contributed by atoms with Crippen molar-refractivity contribution >= 4 is 5.91 Å². The number of piperazine rings is 1. The fourth-order valence-electron chi connectivity index (χ4n) is 1.69. The van der Waals surface area contributed by atoms with E-state index in [-0.39, 0.29) is 11.7 Å². The van der Waals surface area contributed by atoms with Gasteiger partial charge in [0, 0.05) is 26.2 Å². The number of aromatic hydroxyl groups is 1. The van der Waals surface area contributed by atoms with E-state index in [1.807, 2.05) is 0 Å². The smallest absolute Gasteiger partial charge is 0.257 e. The zero-order valence-electron chi connectivity index (χ0n) is 8.44. The Labute approximate surface area is 88.5 Å². The first-order valence-electron chi connectivity index (χ1n) is 5.07. The third-order valence-electron chi connectivity index (χ3n) is 2.54. The summed E-state index contributed by atoms with van der Waals surface area (Å²) in [6.07, 6.45) is 0. The highest BCUT2D eigenvalue weighted by Gasteiger charge is 2.19. The maximum Gasteiger partial charge on any atom is 0.257 e. The molecule has 0 aromatic heterocycles. The molecule has 1 aliphatic rings. The monoisotopic (exact) mass is 206 g/mol. The molecule has 0 unspecified atom stereocenters. The molecule has 0 bridgehead atoms. The van der Waals surface area contributed by atoms with E-state index < -0.39 is 0 Å². The molecular weight excluding hydrogens is 192 g/mol. The van der Waals surface area contributed by atoms with Crippen molar-refractivity contribution in [1.82, 2.24) is 10.2 Å². The molecule has 0 saturated carbocycles. The van der Waals surface area contributed by atoms with E-state index in [2.05, 4.69) is 5.32 Å². The Bertz CT molecular complexity index is 359. The van der Waals surface area contributed by atoms with Gasteiger partial charge in [-0.3, -0.25) is 4.79 Å². The van der Waals surface area contributed by atoms with Crippen LogP contribution in [0.25, 0.3) is 0 Å². The lowest BCUT2D eigenvalue weighted by atomic mass is 10.1. The number of phenols is 1. The van der Waals surface area contributed by atoms with Crippen molar-refractivity contribution in [1.29, 1.82) is 0 Å². The molecule has 2 rings (SSSR count). The molecule has 1 aromatic rings. The number of benzene rings is 1. The van der Waals surface area contributed by atoms with Crippen LogP contribution >= 0.6 is 0 Å². The molecule has 1 amide bonds. The van der Waals surface area contributed by atoms with Gasteiger partial charge in [-0.25, -0.2) is 0 Å². The molecule has 80 valence electrons. The van der Waals surface area contributed by atoms with E-state index >= 15 is 0 Å². The van der Waals surface area contributed by atoms with Crippen molar-refractivity contribution in [3.05, 3.63) is 29.8 Å². The quantitative estimate of drug-likeness (QED) is 0.701. The maximum absolute atomic E-state index is 12.0. The molecule has 0 aliphatic carbocycles. The van der Waals surface area contributed by atoms with Crippen LogP contribution in [0.1, 0.15) is 10.4 Å². The molecule has 15 heavy (non-hydrogen) atoms. The van der Waals surface area contributed by atoms with Gasteiger partial charge >= 0.3 is 0 Å². The fraction of sp³-hybridized carbons (Fsp3) is 0.364. The Morgan fingerprint density at radius 1 is 1.27 bits per heavy atom. The second kappa shape index (κ2) is 4.31. The molecule has 4 heteroatoms. The number of hydrogen-bond acceptors (Lipinski definition) is 3. The van der Waals surface area contributed by atoms with Crippen molar-refractivity contribution in [3.8, 4) is 5.75 Å². The van der Waals surface area contributed by atoms with Crippen molar-refractivity contribution in [2.75, 3.05) is 26.2 Å². The third-order valence-corrected chi connectivity index (χ3v) is 2.54. The topological polar surface area (TPSA) is 52.6 Å². The van der Waals surface area contributed by atoms with Crippen LogP contribution in [0.5, 0.6) is 5.75 Å². The Morgan fingerprint density at radius 2 is 1.93 bits per heavy atom. The van der Waals surface area contributed by atoms with Gasteiger partial charge in [0.15, 0.2) is 0 Å². The maximum atomic E-state index is 12.0. The number of nitrogens with one attached hydrogen (secondary N) is 1. The van der Waals surface area contributed by atoms with Gasteiger partial charge in [0.25, 0.3) is 5.91 Å². The zero-order valence-corrected chi connectivity index (χ0v) is 8.44. The van der Waals surface area contributed by atoms with Crippen LogP contribution in [0.3, 0.4) is 0 Å². The van der Waals surface area contributed by atoms with Crippen LogP contribution in [0, 0.1) is 0 Å². The number of hydrogen-bond donors (Lipinski definition) is 2. The molecule has 1 heterocycles. The van der Waals surface area contributed by atoms with Gasteiger partial charge in [-0.2, -0.15) is 0 Å². The van der Waals surface area contributed by atoms with E-state index in [9.17, 15) is 9.90 Å². The lowest BCUT2D eigenvalue weighted by molar-refractivity contribution is 0.0733. The number of carbonyl (C=O) groups is 1. The molecule has 0 spiro atoms. The van der Waals surface area contributed by atoms with Crippen LogP contribution < -0.4 is 5.32 Å².